The molecule has 0 fully saturated rings. The smallest absolute Gasteiger partial charge is 0.0954 e. The first-order valence-electron chi connectivity index (χ1n) is 4.07. The molecule has 0 atom stereocenters. The summed E-state index contributed by atoms with van der Waals surface area (Å²) in [5.74, 6) is 0. The molecule has 0 unspecified atom stereocenters. The normalized spacial score (nSPS) is 12.0. The van der Waals surface area contributed by atoms with Crippen molar-refractivity contribution in [3.05, 3.63) is 18.2 Å². The number of aryl methyl sites for hydroxylation is 1. The van der Waals surface area contributed by atoms with E-state index in [9.17, 15) is 0 Å². The molecule has 0 N–H and O–H groups in total. The van der Waals surface area contributed by atoms with Crippen LogP contribution in [0.25, 0.3) is 0 Å². The van der Waals surface area contributed by atoms with Gasteiger partial charge < -0.3 is 4.57 Å². The van der Waals surface area contributed by atoms with Gasteiger partial charge in [-0.15, -0.1) is 0 Å². The maximum Gasteiger partial charge on any atom is 0.0954 e. The molecule has 0 aromatic carbocycles. The van der Waals surface area contributed by atoms with Crippen LogP contribution in [-0.2, 0) is 5.54 Å². The van der Waals surface area contributed by atoms with Crippen LogP contribution in [0.15, 0.2) is 12.5 Å². The number of imidazole rings is 1. The number of aromatic nitrogens is 2. The van der Waals surface area contributed by atoms with Crippen molar-refractivity contribution in [3.8, 4) is 0 Å². The molecular weight excluding hydrogens is 136 g/mol. The Morgan fingerprint density at radius 1 is 1.55 bits per heavy atom. The van der Waals surface area contributed by atoms with Crippen LogP contribution < -0.4 is 0 Å². The molecule has 0 radical (unpaired) electrons. The van der Waals surface area contributed by atoms with E-state index >= 15 is 0 Å². The lowest BCUT2D eigenvalue weighted by atomic mass is 10.0. The Hall–Kier alpha value is -0.790. The molecule has 1 heterocycles. The van der Waals surface area contributed by atoms with E-state index in [-0.39, 0.29) is 5.54 Å². The second-order valence-corrected chi connectivity index (χ2v) is 3.59. The summed E-state index contributed by atoms with van der Waals surface area (Å²) in [5.41, 5.74) is 1.30. The van der Waals surface area contributed by atoms with Crippen LogP contribution in [0, 0.1) is 6.92 Å². The van der Waals surface area contributed by atoms with Gasteiger partial charge >= 0.3 is 0 Å². The Kier molecular flexibility index (Phi) is 2.03. The van der Waals surface area contributed by atoms with Crippen LogP contribution in [-0.4, -0.2) is 9.55 Å². The zero-order valence-electron chi connectivity index (χ0n) is 7.76. The van der Waals surface area contributed by atoms with Gasteiger partial charge in [-0.25, -0.2) is 4.98 Å². The van der Waals surface area contributed by atoms with Crippen LogP contribution in [0.4, 0.5) is 0 Å². The summed E-state index contributed by atoms with van der Waals surface area (Å²) >= 11 is 0. The summed E-state index contributed by atoms with van der Waals surface area (Å²) in [6, 6.07) is 0. The highest BCUT2D eigenvalue weighted by Crippen LogP contribution is 2.18. The molecule has 1 aromatic heterocycles. The fourth-order valence-corrected chi connectivity index (χ4v) is 0.935. The van der Waals surface area contributed by atoms with Crippen LogP contribution in [0.5, 0.6) is 0 Å². The minimum atomic E-state index is 0.210. The number of hydrogen-bond acceptors (Lipinski definition) is 1. The third-order valence-electron chi connectivity index (χ3n) is 2.28. The van der Waals surface area contributed by atoms with Crippen molar-refractivity contribution in [1.82, 2.24) is 9.55 Å². The summed E-state index contributed by atoms with van der Waals surface area (Å²) < 4.78 is 2.17. The van der Waals surface area contributed by atoms with E-state index in [2.05, 4.69) is 36.5 Å². The van der Waals surface area contributed by atoms with Gasteiger partial charge in [-0.2, -0.15) is 0 Å². The topological polar surface area (TPSA) is 17.8 Å². The van der Waals surface area contributed by atoms with E-state index < -0.39 is 0 Å². The summed E-state index contributed by atoms with van der Waals surface area (Å²) in [6.45, 7) is 8.64. The fraction of sp³-hybridized carbons (Fsp3) is 0.667. The van der Waals surface area contributed by atoms with Gasteiger partial charge in [0.1, 0.15) is 0 Å². The van der Waals surface area contributed by atoms with Gasteiger partial charge in [0.25, 0.3) is 0 Å². The molecule has 62 valence electrons. The Balaban J connectivity index is 2.92. The van der Waals surface area contributed by atoms with E-state index in [1.54, 1.807) is 0 Å². The average molecular weight is 152 g/mol. The summed E-state index contributed by atoms with van der Waals surface area (Å²) in [6.07, 6.45) is 5.12. The Morgan fingerprint density at radius 3 is 2.55 bits per heavy atom. The maximum absolute atomic E-state index is 4.19. The molecule has 0 saturated carbocycles. The molecule has 2 nitrogen and oxygen atoms in total. The molecule has 0 saturated heterocycles. The van der Waals surface area contributed by atoms with Gasteiger partial charge in [-0.1, -0.05) is 6.92 Å². The van der Waals surface area contributed by atoms with Crippen molar-refractivity contribution in [3.63, 3.8) is 0 Å². The van der Waals surface area contributed by atoms with Crippen molar-refractivity contribution in [2.45, 2.75) is 39.7 Å². The van der Waals surface area contributed by atoms with Crippen LogP contribution >= 0.6 is 0 Å². The van der Waals surface area contributed by atoms with Crippen molar-refractivity contribution < 1.29 is 0 Å². The second kappa shape index (κ2) is 2.68. The molecule has 11 heavy (non-hydrogen) atoms. The molecule has 1 aromatic rings. The van der Waals surface area contributed by atoms with Crippen molar-refractivity contribution in [2.24, 2.45) is 0 Å². The predicted octanol–water partition coefficient (Wildman–Crippen LogP) is 2.34. The van der Waals surface area contributed by atoms with Crippen molar-refractivity contribution in [2.75, 3.05) is 0 Å². The highest BCUT2D eigenvalue weighted by Gasteiger charge is 2.16. The van der Waals surface area contributed by atoms with Crippen molar-refractivity contribution in [1.29, 1.82) is 0 Å². The third-order valence-corrected chi connectivity index (χ3v) is 2.28. The molecule has 2 heteroatoms. The highest BCUT2D eigenvalue weighted by atomic mass is 15.1. The molecular formula is C9H16N2. The van der Waals surface area contributed by atoms with Gasteiger partial charge in [0.15, 0.2) is 0 Å². The molecule has 0 amide bonds. The van der Waals surface area contributed by atoms with Crippen LogP contribution in [0.1, 0.15) is 32.9 Å². The van der Waals surface area contributed by atoms with Crippen LogP contribution in [0.2, 0.25) is 0 Å². The maximum atomic E-state index is 4.19. The van der Waals surface area contributed by atoms with Gasteiger partial charge in [0.2, 0.25) is 0 Å². The van der Waals surface area contributed by atoms with E-state index in [1.807, 2.05) is 13.3 Å². The molecule has 0 spiro atoms. The molecule has 0 aliphatic rings. The number of rotatable bonds is 2. The molecule has 0 aliphatic heterocycles. The summed E-state index contributed by atoms with van der Waals surface area (Å²) in [5, 5.41) is 0. The first-order chi connectivity index (χ1) is 5.06. The third kappa shape index (κ3) is 1.62. The minimum Gasteiger partial charge on any atom is -0.332 e. The molecule has 0 bridgehead atoms. The first-order valence-corrected chi connectivity index (χ1v) is 4.07. The zero-order valence-corrected chi connectivity index (χ0v) is 7.76. The lowest BCUT2D eigenvalue weighted by molar-refractivity contribution is 0.342. The van der Waals surface area contributed by atoms with E-state index in [0.717, 1.165) is 12.1 Å². The van der Waals surface area contributed by atoms with Gasteiger partial charge in [-0.05, 0) is 27.2 Å². The first kappa shape index (κ1) is 8.31. The van der Waals surface area contributed by atoms with E-state index in [4.69, 9.17) is 0 Å². The summed E-state index contributed by atoms with van der Waals surface area (Å²) in [7, 11) is 0. The second-order valence-electron chi connectivity index (χ2n) is 3.59. The standard InChI is InChI=1S/C9H16N2/c1-5-9(3,4)11-6-8(2)10-7-11/h6-7H,5H2,1-4H3. The Morgan fingerprint density at radius 2 is 2.18 bits per heavy atom. The summed E-state index contributed by atoms with van der Waals surface area (Å²) in [4.78, 5) is 4.19. The Bertz CT molecular complexity index is 235. The van der Waals surface area contributed by atoms with Crippen molar-refractivity contribution >= 4 is 0 Å². The predicted molar refractivity (Wildman–Crippen MR) is 46.6 cm³/mol. The zero-order chi connectivity index (χ0) is 8.48. The van der Waals surface area contributed by atoms with Crippen LogP contribution in [0.3, 0.4) is 0 Å². The quantitative estimate of drug-likeness (QED) is 0.636. The largest absolute Gasteiger partial charge is 0.332 e. The monoisotopic (exact) mass is 152 g/mol. The average Bonchev–Trinajstić information content (AvgIpc) is 2.36. The Labute approximate surface area is 68.3 Å². The SMILES string of the molecule is CCC(C)(C)n1cnc(C)c1. The number of hydrogen-bond donors (Lipinski definition) is 0. The fourth-order valence-electron chi connectivity index (χ4n) is 0.935. The lowest BCUT2D eigenvalue weighted by Gasteiger charge is -2.24. The van der Waals surface area contributed by atoms with Gasteiger partial charge in [0.05, 0.1) is 12.0 Å². The minimum absolute atomic E-state index is 0.210. The van der Waals surface area contributed by atoms with E-state index in [1.165, 1.54) is 0 Å². The highest BCUT2D eigenvalue weighted by molar-refractivity contribution is 4.96. The van der Waals surface area contributed by atoms with Gasteiger partial charge in [-0.3, -0.25) is 0 Å². The molecule has 1 rings (SSSR count). The number of nitrogens with zero attached hydrogens (tertiary/aromatic N) is 2. The van der Waals surface area contributed by atoms with E-state index in [0.29, 0.717) is 0 Å². The molecule has 0 aliphatic carbocycles. The lowest BCUT2D eigenvalue weighted by Crippen LogP contribution is -2.23. The van der Waals surface area contributed by atoms with Gasteiger partial charge in [0, 0.05) is 11.7 Å².